The van der Waals surface area contributed by atoms with Gasteiger partial charge in [-0.15, -0.1) is 0 Å². The van der Waals surface area contributed by atoms with Gasteiger partial charge in [0, 0.05) is 0 Å². The molecule has 0 amide bonds. The van der Waals surface area contributed by atoms with Gasteiger partial charge in [-0.3, -0.25) is 0 Å². The molecule has 4 rings (SSSR count). The van der Waals surface area contributed by atoms with Crippen LogP contribution in [0.3, 0.4) is 0 Å². The maximum Gasteiger partial charge on any atom is 0.339 e. The summed E-state index contributed by atoms with van der Waals surface area (Å²) >= 11 is 0. The van der Waals surface area contributed by atoms with E-state index in [4.69, 9.17) is 18.9 Å². The molecule has 6 heteroatoms. The van der Waals surface area contributed by atoms with Crippen LogP contribution in [-0.4, -0.2) is 36.5 Å². The molecule has 1 heterocycles. The van der Waals surface area contributed by atoms with Crippen molar-refractivity contribution < 1.29 is 28.8 Å². The van der Waals surface area contributed by atoms with Crippen LogP contribution in [0.15, 0.2) is 78.9 Å². The average Bonchev–Trinajstić information content (AvgIpc) is 2.80. The minimum atomic E-state index is -1.07. The van der Waals surface area contributed by atoms with Crippen LogP contribution in [0.25, 0.3) is 0 Å². The number of carbonyl (C=O) groups is 1. The smallest absolute Gasteiger partial charge is 0.339 e. The van der Waals surface area contributed by atoms with Crippen LogP contribution < -0.4 is 9.47 Å². The van der Waals surface area contributed by atoms with E-state index in [9.17, 15) is 9.90 Å². The first kappa shape index (κ1) is 20.9. The number of carboxylic acid groups (broad SMARTS) is 1. The SMILES string of the molecule is O=C(O)c1cccc2c1O[C@@H](COCc1ccccc1)[C@H](COCc1ccccc1)O2. The Hall–Kier alpha value is -3.35. The van der Waals surface area contributed by atoms with Crippen molar-refractivity contribution in [1.82, 2.24) is 0 Å². The highest BCUT2D eigenvalue weighted by Crippen LogP contribution is 2.37. The number of hydrogen-bond acceptors (Lipinski definition) is 5. The number of rotatable bonds is 9. The fourth-order valence-electron chi connectivity index (χ4n) is 3.38. The highest BCUT2D eigenvalue weighted by atomic mass is 16.6. The fraction of sp³-hybridized carbons (Fsp3) is 0.240. The van der Waals surface area contributed by atoms with Gasteiger partial charge < -0.3 is 24.1 Å². The van der Waals surface area contributed by atoms with Crippen LogP contribution in [-0.2, 0) is 22.7 Å². The minimum Gasteiger partial charge on any atom is -0.480 e. The van der Waals surface area contributed by atoms with Crippen molar-refractivity contribution in [3.05, 3.63) is 95.6 Å². The first-order chi connectivity index (χ1) is 15.2. The van der Waals surface area contributed by atoms with E-state index < -0.39 is 18.2 Å². The first-order valence-electron chi connectivity index (χ1n) is 10.1. The standard InChI is InChI=1S/C25H24O6/c26-25(27)20-12-7-13-21-24(20)31-23(17-29-15-19-10-5-2-6-11-19)22(30-21)16-28-14-18-8-3-1-4-9-18/h1-13,22-23H,14-17H2,(H,26,27)/t22-,23-/m0/s1. The Morgan fingerprint density at radius 1 is 0.742 bits per heavy atom. The van der Waals surface area contributed by atoms with Crippen LogP contribution in [0.4, 0.5) is 0 Å². The van der Waals surface area contributed by atoms with E-state index in [1.165, 1.54) is 6.07 Å². The van der Waals surface area contributed by atoms with Crippen LogP contribution in [0.5, 0.6) is 11.5 Å². The van der Waals surface area contributed by atoms with Gasteiger partial charge >= 0.3 is 5.97 Å². The predicted molar refractivity (Wildman–Crippen MR) is 114 cm³/mol. The Bertz CT molecular complexity index is 989. The molecule has 0 fully saturated rings. The van der Waals surface area contributed by atoms with E-state index in [-0.39, 0.29) is 24.5 Å². The number of para-hydroxylation sites is 1. The number of benzene rings is 3. The van der Waals surface area contributed by atoms with Crippen LogP contribution in [0.2, 0.25) is 0 Å². The predicted octanol–water partition coefficient (Wildman–Crippen LogP) is 4.33. The monoisotopic (exact) mass is 420 g/mol. The third-order valence-electron chi connectivity index (χ3n) is 4.96. The van der Waals surface area contributed by atoms with Crippen molar-refractivity contribution in [2.24, 2.45) is 0 Å². The Kier molecular flexibility index (Phi) is 6.82. The molecule has 0 radical (unpaired) electrons. The van der Waals surface area contributed by atoms with Crippen molar-refractivity contribution in [3.8, 4) is 11.5 Å². The normalized spacial score (nSPS) is 17.3. The van der Waals surface area contributed by atoms with Gasteiger partial charge in [-0.2, -0.15) is 0 Å². The summed E-state index contributed by atoms with van der Waals surface area (Å²) in [4.78, 5) is 11.6. The summed E-state index contributed by atoms with van der Waals surface area (Å²) < 4.78 is 23.9. The molecule has 0 saturated carbocycles. The van der Waals surface area contributed by atoms with E-state index in [1.54, 1.807) is 12.1 Å². The lowest BCUT2D eigenvalue weighted by Gasteiger charge is -2.34. The first-order valence-corrected chi connectivity index (χ1v) is 10.1. The van der Waals surface area contributed by atoms with Crippen LogP contribution in [0, 0.1) is 0 Å². The molecule has 31 heavy (non-hydrogen) atoms. The summed E-state index contributed by atoms with van der Waals surface area (Å²) in [6.07, 6.45) is -0.941. The lowest BCUT2D eigenvalue weighted by Crippen LogP contribution is -2.46. The Balaban J connectivity index is 1.44. The zero-order chi connectivity index (χ0) is 21.5. The molecule has 0 bridgehead atoms. The molecule has 1 N–H and O–H groups in total. The van der Waals surface area contributed by atoms with Gasteiger partial charge in [-0.25, -0.2) is 4.79 Å². The van der Waals surface area contributed by atoms with Gasteiger partial charge in [0.05, 0.1) is 26.4 Å². The van der Waals surface area contributed by atoms with Gasteiger partial charge in [0.2, 0.25) is 0 Å². The summed E-state index contributed by atoms with van der Waals surface area (Å²) in [7, 11) is 0. The molecular formula is C25H24O6. The van der Waals surface area contributed by atoms with Gasteiger partial charge in [-0.05, 0) is 23.3 Å². The number of hydrogen-bond donors (Lipinski definition) is 1. The largest absolute Gasteiger partial charge is 0.480 e. The summed E-state index contributed by atoms with van der Waals surface area (Å²) in [6, 6.07) is 24.5. The average molecular weight is 420 g/mol. The van der Waals surface area contributed by atoms with Gasteiger partial charge in [0.1, 0.15) is 5.56 Å². The number of ether oxygens (including phenoxy) is 4. The van der Waals surface area contributed by atoms with Crippen molar-refractivity contribution in [2.45, 2.75) is 25.4 Å². The maximum atomic E-state index is 11.6. The zero-order valence-corrected chi connectivity index (χ0v) is 17.0. The third-order valence-corrected chi connectivity index (χ3v) is 4.96. The van der Waals surface area contributed by atoms with Crippen molar-refractivity contribution in [2.75, 3.05) is 13.2 Å². The second-order valence-corrected chi connectivity index (χ2v) is 7.25. The summed E-state index contributed by atoms with van der Waals surface area (Å²) in [5.74, 6) is -0.446. The van der Waals surface area contributed by atoms with E-state index in [2.05, 4.69) is 0 Å². The molecule has 0 unspecified atom stereocenters. The molecule has 3 aromatic rings. The van der Waals surface area contributed by atoms with E-state index in [0.29, 0.717) is 19.0 Å². The van der Waals surface area contributed by atoms with E-state index in [0.717, 1.165) is 11.1 Å². The zero-order valence-electron chi connectivity index (χ0n) is 17.0. The summed E-state index contributed by atoms with van der Waals surface area (Å²) in [5, 5.41) is 9.49. The quantitative estimate of drug-likeness (QED) is 0.556. The maximum absolute atomic E-state index is 11.6. The third kappa shape index (κ3) is 5.42. The highest BCUT2D eigenvalue weighted by Gasteiger charge is 2.34. The number of fused-ring (bicyclic) bond motifs is 1. The summed E-state index contributed by atoms with van der Waals surface area (Å²) in [5.41, 5.74) is 2.17. The molecular weight excluding hydrogens is 396 g/mol. The van der Waals surface area contributed by atoms with Gasteiger partial charge in [0.25, 0.3) is 0 Å². The molecule has 6 nitrogen and oxygen atoms in total. The molecule has 1 aliphatic heterocycles. The van der Waals surface area contributed by atoms with E-state index in [1.807, 2.05) is 60.7 Å². The Labute approximate surface area is 181 Å². The van der Waals surface area contributed by atoms with Crippen molar-refractivity contribution in [3.63, 3.8) is 0 Å². The fourth-order valence-corrected chi connectivity index (χ4v) is 3.38. The molecule has 2 atom stereocenters. The lowest BCUT2D eigenvalue weighted by molar-refractivity contribution is -0.0718. The second kappa shape index (κ2) is 10.1. The Morgan fingerprint density at radius 3 is 1.84 bits per heavy atom. The lowest BCUT2D eigenvalue weighted by atomic mass is 10.1. The van der Waals surface area contributed by atoms with Crippen LogP contribution >= 0.6 is 0 Å². The molecule has 160 valence electrons. The molecule has 0 saturated heterocycles. The molecule has 3 aromatic carbocycles. The van der Waals surface area contributed by atoms with Gasteiger partial charge in [-0.1, -0.05) is 66.7 Å². The molecule has 1 aliphatic rings. The van der Waals surface area contributed by atoms with Crippen LogP contribution in [0.1, 0.15) is 21.5 Å². The molecule has 0 spiro atoms. The van der Waals surface area contributed by atoms with E-state index >= 15 is 0 Å². The van der Waals surface area contributed by atoms with Crippen molar-refractivity contribution >= 4 is 5.97 Å². The Morgan fingerprint density at radius 2 is 1.29 bits per heavy atom. The number of aromatic carboxylic acids is 1. The highest BCUT2D eigenvalue weighted by molar-refractivity contribution is 5.92. The molecule has 0 aliphatic carbocycles. The topological polar surface area (TPSA) is 74.2 Å². The van der Waals surface area contributed by atoms with Gasteiger partial charge in [0.15, 0.2) is 23.7 Å². The minimum absolute atomic E-state index is 0.0641. The summed E-state index contributed by atoms with van der Waals surface area (Å²) in [6.45, 7) is 1.39. The molecule has 0 aromatic heterocycles. The second-order valence-electron chi connectivity index (χ2n) is 7.25. The van der Waals surface area contributed by atoms with Crippen molar-refractivity contribution in [1.29, 1.82) is 0 Å². The number of carboxylic acids is 1.